The van der Waals surface area contributed by atoms with Crippen molar-refractivity contribution in [1.82, 2.24) is 15.0 Å². The fourth-order valence-corrected chi connectivity index (χ4v) is 3.16. The van der Waals surface area contributed by atoms with Gasteiger partial charge in [-0.15, -0.1) is 0 Å². The minimum Gasteiger partial charge on any atom is -0.324 e. The van der Waals surface area contributed by atoms with Crippen molar-refractivity contribution in [2.24, 2.45) is 5.10 Å². The number of rotatable bonds is 8. The van der Waals surface area contributed by atoms with E-state index in [2.05, 4.69) is 36.1 Å². The van der Waals surface area contributed by atoms with Crippen LogP contribution in [0.25, 0.3) is 0 Å². The minimum atomic E-state index is -0.451. The van der Waals surface area contributed by atoms with E-state index in [0.717, 1.165) is 22.5 Å². The lowest BCUT2D eigenvalue weighted by atomic mass is 10.1. The largest absolute Gasteiger partial charge is 0.324 e. The molecule has 3 N–H and O–H groups in total. The molecule has 0 bridgehead atoms. The summed E-state index contributed by atoms with van der Waals surface area (Å²) >= 11 is 0. The zero-order valence-electron chi connectivity index (χ0n) is 19.5. The maximum atomic E-state index is 10.9. The zero-order chi connectivity index (χ0) is 24.8. The zero-order valence-corrected chi connectivity index (χ0v) is 19.5. The summed E-state index contributed by atoms with van der Waals surface area (Å²) in [6.45, 7) is 5.96. The molecule has 1 heterocycles. The molecule has 0 radical (unpaired) electrons. The van der Waals surface area contributed by atoms with Crippen LogP contribution in [-0.2, 0) is 0 Å². The quantitative estimate of drug-likeness (QED) is 0.170. The van der Waals surface area contributed by atoms with Crippen LogP contribution in [-0.4, -0.2) is 25.6 Å². The Morgan fingerprint density at radius 3 is 2.03 bits per heavy atom. The second kappa shape index (κ2) is 10.4. The summed E-state index contributed by atoms with van der Waals surface area (Å²) in [7, 11) is 0. The van der Waals surface area contributed by atoms with Crippen molar-refractivity contribution in [2.75, 3.05) is 16.1 Å². The molecule has 10 heteroatoms. The van der Waals surface area contributed by atoms with Gasteiger partial charge in [-0.1, -0.05) is 36.4 Å². The average Bonchev–Trinajstić information content (AvgIpc) is 2.85. The number of nitro benzene ring substituents is 1. The topological polar surface area (TPSA) is 130 Å². The van der Waals surface area contributed by atoms with E-state index in [4.69, 9.17) is 0 Å². The van der Waals surface area contributed by atoms with Gasteiger partial charge in [0.1, 0.15) is 0 Å². The van der Waals surface area contributed by atoms with Crippen LogP contribution in [0.4, 0.5) is 34.9 Å². The third kappa shape index (κ3) is 6.14. The lowest BCUT2D eigenvalue weighted by molar-refractivity contribution is -0.384. The van der Waals surface area contributed by atoms with Crippen molar-refractivity contribution in [3.8, 4) is 0 Å². The molecule has 0 aliphatic rings. The number of non-ortho nitro benzene ring substituents is 1. The van der Waals surface area contributed by atoms with Crippen LogP contribution in [0.5, 0.6) is 0 Å². The molecule has 0 unspecified atom stereocenters. The van der Waals surface area contributed by atoms with Crippen molar-refractivity contribution in [1.29, 1.82) is 0 Å². The van der Waals surface area contributed by atoms with Gasteiger partial charge in [0.25, 0.3) is 5.69 Å². The van der Waals surface area contributed by atoms with Gasteiger partial charge in [0.05, 0.1) is 10.6 Å². The molecular formula is C25H24N8O2. The molecule has 176 valence electrons. The lowest BCUT2D eigenvalue weighted by Crippen LogP contribution is -2.08. The number of nitrogens with one attached hydrogen (secondary N) is 3. The van der Waals surface area contributed by atoms with Gasteiger partial charge in [-0.25, -0.2) is 5.43 Å². The van der Waals surface area contributed by atoms with E-state index in [0.29, 0.717) is 11.6 Å². The highest BCUT2D eigenvalue weighted by Crippen LogP contribution is 2.22. The number of hydrogen-bond acceptors (Lipinski definition) is 9. The first-order valence-electron chi connectivity index (χ1n) is 10.8. The number of hydrazone groups is 1. The number of nitro groups is 1. The molecule has 0 aliphatic heterocycles. The number of benzene rings is 3. The molecule has 0 saturated heterocycles. The summed E-state index contributed by atoms with van der Waals surface area (Å²) in [4.78, 5) is 23.8. The van der Waals surface area contributed by atoms with Crippen LogP contribution < -0.4 is 16.1 Å². The Labute approximate surface area is 202 Å². The number of nitrogens with zero attached hydrogens (tertiary/aromatic N) is 5. The Morgan fingerprint density at radius 2 is 1.40 bits per heavy atom. The molecule has 0 spiro atoms. The molecular weight excluding hydrogens is 444 g/mol. The van der Waals surface area contributed by atoms with Crippen LogP contribution in [0.2, 0.25) is 0 Å². The molecule has 0 fully saturated rings. The van der Waals surface area contributed by atoms with Crippen molar-refractivity contribution in [2.45, 2.75) is 20.8 Å². The minimum absolute atomic E-state index is 0.00336. The molecule has 4 aromatic rings. The SMILES string of the molecule is CC(=NNc1nc(Nc2ccc([N+](=O)[O-])cc2)nc(Nc2ccc(C)c(C)c2)n1)c1ccccc1. The standard InChI is InChI=1S/C25H24N8O2/c1-16-9-10-21(15-17(16)2)27-24-28-23(26-20-11-13-22(14-12-20)33(34)35)29-25(30-24)32-31-18(3)19-7-5-4-6-8-19/h4-15H,1-3H3,(H3,26,27,28,29,30,32). The highest BCUT2D eigenvalue weighted by Gasteiger charge is 2.10. The lowest BCUT2D eigenvalue weighted by Gasteiger charge is -2.11. The first kappa shape index (κ1) is 23.3. The van der Waals surface area contributed by atoms with E-state index >= 15 is 0 Å². The second-order valence-electron chi connectivity index (χ2n) is 7.83. The van der Waals surface area contributed by atoms with Gasteiger partial charge in [-0.3, -0.25) is 10.1 Å². The third-order valence-electron chi connectivity index (χ3n) is 5.25. The molecule has 0 aliphatic carbocycles. The molecule has 10 nitrogen and oxygen atoms in total. The van der Waals surface area contributed by atoms with E-state index in [1.54, 1.807) is 12.1 Å². The van der Waals surface area contributed by atoms with Crippen molar-refractivity contribution in [3.63, 3.8) is 0 Å². The molecule has 35 heavy (non-hydrogen) atoms. The molecule has 1 aromatic heterocycles. The summed E-state index contributed by atoms with van der Waals surface area (Å²) in [5.41, 5.74) is 8.36. The number of anilines is 5. The predicted octanol–water partition coefficient (Wildman–Crippen LogP) is 5.72. The molecule has 0 atom stereocenters. The van der Waals surface area contributed by atoms with Crippen LogP contribution in [0.1, 0.15) is 23.6 Å². The fraction of sp³-hybridized carbons (Fsp3) is 0.120. The van der Waals surface area contributed by atoms with E-state index in [9.17, 15) is 10.1 Å². The first-order chi connectivity index (χ1) is 16.9. The smallest absolute Gasteiger partial charge is 0.269 e. The van der Waals surface area contributed by atoms with Gasteiger partial charge < -0.3 is 10.6 Å². The Bertz CT molecular complexity index is 1370. The van der Waals surface area contributed by atoms with Crippen LogP contribution in [0.3, 0.4) is 0 Å². The van der Waals surface area contributed by atoms with Crippen molar-refractivity contribution >= 4 is 40.6 Å². The number of aromatic nitrogens is 3. The Kier molecular flexibility index (Phi) is 6.91. The van der Waals surface area contributed by atoms with E-state index in [1.807, 2.05) is 69.3 Å². The highest BCUT2D eigenvalue weighted by atomic mass is 16.6. The summed E-state index contributed by atoms with van der Waals surface area (Å²) < 4.78 is 0. The monoisotopic (exact) mass is 468 g/mol. The van der Waals surface area contributed by atoms with Crippen LogP contribution >= 0.6 is 0 Å². The maximum Gasteiger partial charge on any atom is 0.269 e. The summed E-state index contributed by atoms with van der Waals surface area (Å²) in [5, 5.41) is 21.6. The molecule has 0 amide bonds. The van der Waals surface area contributed by atoms with Gasteiger partial charge in [-0.2, -0.15) is 20.1 Å². The number of hydrogen-bond donors (Lipinski definition) is 3. The number of aryl methyl sites for hydroxylation is 2. The van der Waals surface area contributed by atoms with Gasteiger partial charge in [-0.05, 0) is 61.7 Å². The normalized spacial score (nSPS) is 11.1. The van der Waals surface area contributed by atoms with Crippen molar-refractivity contribution < 1.29 is 4.92 Å². The summed E-state index contributed by atoms with van der Waals surface area (Å²) in [6, 6.07) is 21.7. The molecule has 0 saturated carbocycles. The van der Waals surface area contributed by atoms with Crippen LogP contribution in [0.15, 0.2) is 77.9 Å². The van der Waals surface area contributed by atoms with Gasteiger partial charge in [0.15, 0.2) is 0 Å². The van der Waals surface area contributed by atoms with Gasteiger partial charge >= 0.3 is 0 Å². The van der Waals surface area contributed by atoms with E-state index in [-0.39, 0.29) is 17.6 Å². The van der Waals surface area contributed by atoms with Crippen molar-refractivity contribution in [3.05, 3.63) is 99.6 Å². The van der Waals surface area contributed by atoms with Crippen LogP contribution in [0, 0.1) is 24.0 Å². The third-order valence-corrected chi connectivity index (χ3v) is 5.25. The fourth-order valence-electron chi connectivity index (χ4n) is 3.16. The Hall–Kier alpha value is -4.86. The first-order valence-corrected chi connectivity index (χ1v) is 10.8. The molecule has 3 aromatic carbocycles. The van der Waals surface area contributed by atoms with Gasteiger partial charge in [0.2, 0.25) is 17.8 Å². The second-order valence-corrected chi connectivity index (χ2v) is 7.83. The summed E-state index contributed by atoms with van der Waals surface area (Å²) in [5.74, 6) is 0.781. The summed E-state index contributed by atoms with van der Waals surface area (Å²) in [6.07, 6.45) is 0. The van der Waals surface area contributed by atoms with Gasteiger partial charge in [0, 0.05) is 23.5 Å². The average molecular weight is 469 g/mol. The van der Waals surface area contributed by atoms with E-state index in [1.165, 1.54) is 17.7 Å². The molecule has 4 rings (SSSR count). The van der Waals surface area contributed by atoms with E-state index < -0.39 is 4.92 Å². The maximum absolute atomic E-state index is 10.9. The predicted molar refractivity (Wildman–Crippen MR) is 138 cm³/mol. The Morgan fingerprint density at radius 1 is 0.800 bits per heavy atom. The highest BCUT2D eigenvalue weighted by molar-refractivity contribution is 5.98. The Balaban J connectivity index is 1.62.